The quantitative estimate of drug-likeness (QED) is 0.297. The van der Waals surface area contributed by atoms with Crippen molar-refractivity contribution in [2.45, 2.75) is 102 Å². The molecule has 0 bridgehead atoms. The van der Waals surface area contributed by atoms with Gasteiger partial charge in [-0.25, -0.2) is 14.8 Å². The number of piperazine rings is 1. The third kappa shape index (κ3) is 7.64. The van der Waals surface area contributed by atoms with Crippen LogP contribution in [0.2, 0.25) is 0 Å². The van der Waals surface area contributed by atoms with Gasteiger partial charge in [0, 0.05) is 62.7 Å². The van der Waals surface area contributed by atoms with Crippen molar-refractivity contribution in [1.82, 2.24) is 24.7 Å². The average molecular weight is 722 g/mol. The van der Waals surface area contributed by atoms with E-state index in [1.54, 1.807) is 17.3 Å². The largest absolute Gasteiger partial charge is 0.473 e. The Kier molecular flexibility index (Phi) is 10.2. The molecule has 2 fully saturated rings. The van der Waals surface area contributed by atoms with Gasteiger partial charge in [0.25, 0.3) is 0 Å². The van der Waals surface area contributed by atoms with E-state index in [9.17, 15) is 15.2 Å². The zero-order valence-electron chi connectivity index (χ0n) is 31.1. The maximum atomic E-state index is 12.8. The minimum Gasteiger partial charge on any atom is -0.473 e. The zero-order chi connectivity index (χ0) is 36.7. The number of rotatable bonds is 8. The molecular weight excluding hydrogens is 671 g/mol. The summed E-state index contributed by atoms with van der Waals surface area (Å²) < 4.78 is 12.1. The second-order valence-corrected chi connectivity index (χ2v) is 16.6. The number of aryl methyl sites for hydroxylation is 1. The van der Waals surface area contributed by atoms with Crippen molar-refractivity contribution in [3.05, 3.63) is 27.9 Å². The fourth-order valence-electron chi connectivity index (χ4n) is 7.49. The standard InChI is InChI=1S/C36H51N9O5S/c1-23(25-11-10-14-43(25)8)48-29-19-28(44-15-17-45(18-16-44)33(46)49-34(2,3)4)39-32(40-29)36(47)20-27(41-50-36)35(5)13-9-12-26-30(35)24(21-37)31(51-26)38-22-42(6)7/h19,22-23,25,47H,9-18,20H2,1-8H3/t23-,25-,35?,36?/m0/s1. The van der Waals surface area contributed by atoms with E-state index >= 15 is 0 Å². The van der Waals surface area contributed by atoms with Crippen molar-refractivity contribution in [3.8, 4) is 11.9 Å². The number of thiophene rings is 1. The molecule has 51 heavy (non-hydrogen) atoms. The van der Waals surface area contributed by atoms with E-state index in [-0.39, 0.29) is 30.5 Å². The van der Waals surface area contributed by atoms with Crippen LogP contribution in [-0.4, -0.2) is 120 Å². The first kappa shape index (κ1) is 36.8. The van der Waals surface area contributed by atoms with Crippen LogP contribution in [0, 0.1) is 11.3 Å². The summed E-state index contributed by atoms with van der Waals surface area (Å²) in [5.41, 5.74) is 0.851. The number of ether oxygens (including phenoxy) is 2. The molecule has 0 radical (unpaired) electrons. The fraction of sp³-hybridized carbons (Fsp3) is 0.667. The van der Waals surface area contributed by atoms with Crippen molar-refractivity contribution < 1.29 is 24.2 Å². The molecule has 15 heteroatoms. The number of hydrogen-bond acceptors (Lipinski definition) is 13. The molecule has 0 aromatic carbocycles. The number of hydrogen-bond donors (Lipinski definition) is 1. The number of carbonyl (C=O) groups is 1. The highest BCUT2D eigenvalue weighted by Crippen LogP contribution is 2.51. The van der Waals surface area contributed by atoms with Gasteiger partial charge >= 0.3 is 11.9 Å². The number of fused-ring (bicyclic) bond motifs is 1. The first-order valence-corrected chi connectivity index (χ1v) is 18.7. The van der Waals surface area contributed by atoms with Gasteiger partial charge in [0.15, 0.2) is 0 Å². The third-order valence-electron chi connectivity index (χ3n) is 10.2. The van der Waals surface area contributed by atoms with Gasteiger partial charge < -0.3 is 34.1 Å². The summed E-state index contributed by atoms with van der Waals surface area (Å²) in [6, 6.07) is 4.44. The molecule has 4 aliphatic rings. The van der Waals surface area contributed by atoms with Crippen LogP contribution >= 0.6 is 11.3 Å². The number of likely N-dealkylation sites (tertiary alicyclic amines) is 1. The van der Waals surface area contributed by atoms with Crippen LogP contribution < -0.4 is 9.64 Å². The summed E-state index contributed by atoms with van der Waals surface area (Å²) in [6.07, 6.45) is 5.84. The number of nitrogens with zero attached hydrogens (tertiary/aromatic N) is 9. The third-order valence-corrected chi connectivity index (χ3v) is 11.3. The predicted octanol–water partition coefficient (Wildman–Crippen LogP) is 4.77. The van der Waals surface area contributed by atoms with E-state index < -0.39 is 16.8 Å². The monoisotopic (exact) mass is 721 g/mol. The number of amides is 1. The normalized spacial score (nSPS) is 26.0. The van der Waals surface area contributed by atoms with Crippen molar-refractivity contribution >= 4 is 40.3 Å². The Morgan fingerprint density at radius 3 is 2.63 bits per heavy atom. The molecular formula is C36H51N9O5S. The Morgan fingerprint density at radius 2 is 1.98 bits per heavy atom. The van der Waals surface area contributed by atoms with Gasteiger partial charge in [-0.15, -0.1) is 11.3 Å². The second-order valence-electron chi connectivity index (χ2n) is 15.5. The number of anilines is 1. The number of aliphatic imine (C=N–C) groups is 1. The molecule has 2 aromatic rings. The molecule has 2 aromatic heterocycles. The molecule has 1 aliphatic carbocycles. The van der Waals surface area contributed by atoms with Gasteiger partial charge in [-0.2, -0.15) is 10.2 Å². The van der Waals surface area contributed by atoms with E-state index in [0.717, 1.165) is 49.1 Å². The number of nitriles is 1. The Labute approximate surface area is 304 Å². The molecule has 0 saturated carbocycles. The van der Waals surface area contributed by atoms with E-state index in [1.165, 1.54) is 11.3 Å². The highest BCUT2D eigenvalue weighted by molar-refractivity contribution is 7.16. The molecule has 5 heterocycles. The van der Waals surface area contributed by atoms with Gasteiger partial charge in [0.2, 0.25) is 11.7 Å². The first-order chi connectivity index (χ1) is 24.1. The number of aliphatic hydroxyl groups is 1. The summed E-state index contributed by atoms with van der Waals surface area (Å²) in [5, 5.41) is 27.6. The van der Waals surface area contributed by atoms with Crippen LogP contribution in [0.5, 0.6) is 5.88 Å². The summed E-state index contributed by atoms with van der Waals surface area (Å²) in [5.74, 6) is -1.00. The minimum atomic E-state index is -1.95. The van der Waals surface area contributed by atoms with Gasteiger partial charge in [0.1, 0.15) is 28.6 Å². The predicted molar refractivity (Wildman–Crippen MR) is 196 cm³/mol. The molecule has 2 saturated heterocycles. The van der Waals surface area contributed by atoms with Gasteiger partial charge in [-0.05, 0) is 85.9 Å². The smallest absolute Gasteiger partial charge is 0.410 e. The van der Waals surface area contributed by atoms with Crippen LogP contribution in [0.1, 0.15) is 88.6 Å². The summed E-state index contributed by atoms with van der Waals surface area (Å²) in [6.45, 7) is 12.6. The molecule has 4 atom stereocenters. The lowest BCUT2D eigenvalue weighted by Crippen LogP contribution is -2.50. The van der Waals surface area contributed by atoms with Crippen molar-refractivity contribution in [2.75, 3.05) is 58.8 Å². The maximum Gasteiger partial charge on any atom is 0.410 e. The van der Waals surface area contributed by atoms with Crippen LogP contribution in [0.3, 0.4) is 0 Å². The first-order valence-electron chi connectivity index (χ1n) is 17.8. The Hall–Kier alpha value is -4.00. The summed E-state index contributed by atoms with van der Waals surface area (Å²) >= 11 is 1.54. The van der Waals surface area contributed by atoms with Crippen LogP contribution in [-0.2, 0) is 27.2 Å². The number of aromatic nitrogens is 2. The minimum absolute atomic E-state index is 0.0240. The molecule has 2 unspecified atom stereocenters. The Balaban J connectivity index is 1.28. The number of oxime groups is 1. The molecule has 1 N–H and O–H groups in total. The van der Waals surface area contributed by atoms with Crippen LogP contribution in [0.4, 0.5) is 15.6 Å². The van der Waals surface area contributed by atoms with Gasteiger partial charge in [-0.1, -0.05) is 5.16 Å². The maximum absolute atomic E-state index is 12.8. The molecule has 14 nitrogen and oxygen atoms in total. The summed E-state index contributed by atoms with van der Waals surface area (Å²) in [4.78, 5) is 41.9. The van der Waals surface area contributed by atoms with Crippen molar-refractivity contribution in [3.63, 3.8) is 0 Å². The van der Waals surface area contributed by atoms with E-state index in [0.29, 0.717) is 54.2 Å². The lowest BCUT2D eigenvalue weighted by molar-refractivity contribution is -0.199. The van der Waals surface area contributed by atoms with E-state index in [4.69, 9.17) is 24.3 Å². The lowest BCUT2D eigenvalue weighted by Gasteiger charge is -2.36. The van der Waals surface area contributed by atoms with Crippen molar-refractivity contribution in [1.29, 1.82) is 5.26 Å². The number of likely N-dealkylation sites (N-methyl/N-ethyl adjacent to an activating group) is 1. The van der Waals surface area contributed by atoms with Gasteiger partial charge in [-0.3, -0.25) is 4.90 Å². The molecule has 6 rings (SSSR count). The Morgan fingerprint density at radius 1 is 1.24 bits per heavy atom. The fourth-order valence-corrected chi connectivity index (χ4v) is 8.75. The molecule has 0 spiro atoms. The SMILES string of the molecule is C[C@H](Oc1cc(N2CCN(C(=O)OC(C)(C)C)CC2)nc(C2(O)CC(C3(C)CCCc4sc(N=CN(C)C)c(C#N)c43)=NO2)n1)[C@@H]1CCCN1C. The van der Waals surface area contributed by atoms with E-state index in [1.807, 2.05) is 46.7 Å². The Bertz CT molecular complexity index is 1720. The van der Waals surface area contributed by atoms with Crippen molar-refractivity contribution in [2.24, 2.45) is 10.1 Å². The van der Waals surface area contributed by atoms with Crippen LogP contribution in [0.15, 0.2) is 16.2 Å². The highest BCUT2D eigenvalue weighted by atomic mass is 32.1. The molecule has 1 amide bonds. The van der Waals surface area contributed by atoms with E-state index in [2.05, 4.69) is 40.0 Å². The molecule has 3 aliphatic heterocycles. The zero-order valence-corrected chi connectivity index (χ0v) is 31.9. The number of carbonyl (C=O) groups excluding carboxylic acids is 1. The summed E-state index contributed by atoms with van der Waals surface area (Å²) in [7, 11) is 5.89. The lowest BCUT2D eigenvalue weighted by atomic mass is 9.68. The highest BCUT2D eigenvalue weighted by Gasteiger charge is 2.51. The topological polar surface area (TPSA) is 152 Å². The average Bonchev–Trinajstić information content (AvgIpc) is 3.80. The van der Waals surface area contributed by atoms with Crippen LogP contribution in [0.25, 0.3) is 0 Å². The second kappa shape index (κ2) is 14.2. The molecule has 276 valence electrons. The van der Waals surface area contributed by atoms with Gasteiger partial charge in [0.05, 0.1) is 24.0 Å².